The average Bonchev–Trinajstić information content (AvgIpc) is 2.74. The monoisotopic (exact) mass is 253 g/mol. The predicted octanol–water partition coefficient (Wildman–Crippen LogP) is 2.68. The van der Waals surface area contributed by atoms with Crippen molar-refractivity contribution >= 4 is 5.82 Å². The number of hydrogen-bond donors (Lipinski definition) is 1. The summed E-state index contributed by atoms with van der Waals surface area (Å²) in [5.41, 5.74) is 6.54. The molecule has 0 saturated heterocycles. The standard InChI is InChI=1S/C12H13F2N3O/c1-8(17-11(15)5-6-16-17)9-3-2-4-10(7-9)18-12(13)14/h2-8,12H,15H2,1H3. The fourth-order valence-corrected chi connectivity index (χ4v) is 1.74. The number of benzene rings is 1. The zero-order valence-corrected chi connectivity index (χ0v) is 9.75. The summed E-state index contributed by atoms with van der Waals surface area (Å²) < 4.78 is 30.2. The van der Waals surface area contributed by atoms with E-state index in [4.69, 9.17) is 5.73 Å². The minimum Gasteiger partial charge on any atom is -0.435 e. The minimum atomic E-state index is -2.83. The molecule has 0 radical (unpaired) electrons. The van der Waals surface area contributed by atoms with Crippen LogP contribution in [-0.4, -0.2) is 16.4 Å². The van der Waals surface area contributed by atoms with E-state index in [0.29, 0.717) is 5.82 Å². The van der Waals surface area contributed by atoms with Crippen LogP contribution in [0.2, 0.25) is 0 Å². The SMILES string of the molecule is CC(c1cccc(OC(F)F)c1)n1nccc1N. The summed E-state index contributed by atoms with van der Waals surface area (Å²) in [4.78, 5) is 0. The highest BCUT2D eigenvalue weighted by Gasteiger charge is 2.12. The molecule has 6 heteroatoms. The highest BCUT2D eigenvalue weighted by molar-refractivity contribution is 5.34. The van der Waals surface area contributed by atoms with Crippen LogP contribution in [0.4, 0.5) is 14.6 Å². The van der Waals surface area contributed by atoms with Gasteiger partial charge in [0.2, 0.25) is 0 Å². The van der Waals surface area contributed by atoms with Crippen molar-refractivity contribution in [2.24, 2.45) is 0 Å². The second kappa shape index (κ2) is 5.03. The first-order valence-electron chi connectivity index (χ1n) is 5.41. The highest BCUT2D eigenvalue weighted by Crippen LogP contribution is 2.24. The lowest BCUT2D eigenvalue weighted by molar-refractivity contribution is -0.0499. The van der Waals surface area contributed by atoms with Crippen LogP contribution in [0.1, 0.15) is 18.5 Å². The van der Waals surface area contributed by atoms with Gasteiger partial charge in [-0.3, -0.25) is 0 Å². The third-order valence-electron chi connectivity index (χ3n) is 2.63. The number of aromatic nitrogens is 2. The van der Waals surface area contributed by atoms with Gasteiger partial charge in [-0.25, -0.2) is 4.68 Å². The Bertz CT molecular complexity index is 528. The molecule has 4 nitrogen and oxygen atoms in total. The Kier molecular flexibility index (Phi) is 3.45. The molecule has 0 spiro atoms. The predicted molar refractivity (Wildman–Crippen MR) is 63.5 cm³/mol. The van der Waals surface area contributed by atoms with Crippen LogP contribution in [-0.2, 0) is 0 Å². The molecule has 2 rings (SSSR count). The number of hydrogen-bond acceptors (Lipinski definition) is 3. The van der Waals surface area contributed by atoms with Gasteiger partial charge < -0.3 is 10.5 Å². The molecule has 0 aliphatic heterocycles. The van der Waals surface area contributed by atoms with E-state index in [1.807, 2.05) is 13.0 Å². The molecule has 1 heterocycles. The highest BCUT2D eigenvalue weighted by atomic mass is 19.3. The molecular weight excluding hydrogens is 240 g/mol. The van der Waals surface area contributed by atoms with E-state index >= 15 is 0 Å². The second-order valence-corrected chi connectivity index (χ2v) is 3.83. The molecule has 0 aliphatic rings. The first-order valence-corrected chi connectivity index (χ1v) is 5.41. The van der Waals surface area contributed by atoms with Crippen molar-refractivity contribution in [1.82, 2.24) is 9.78 Å². The van der Waals surface area contributed by atoms with Gasteiger partial charge in [-0.05, 0) is 30.7 Å². The van der Waals surface area contributed by atoms with Crippen LogP contribution in [0.5, 0.6) is 5.75 Å². The smallest absolute Gasteiger partial charge is 0.387 e. The Balaban J connectivity index is 2.25. The molecule has 96 valence electrons. The molecule has 2 N–H and O–H groups in total. The molecule has 1 aromatic heterocycles. The minimum absolute atomic E-state index is 0.125. The Morgan fingerprint density at radius 3 is 2.72 bits per heavy atom. The van der Waals surface area contributed by atoms with Crippen LogP contribution in [0.15, 0.2) is 36.5 Å². The lowest BCUT2D eigenvalue weighted by Crippen LogP contribution is -2.11. The van der Waals surface area contributed by atoms with Crippen molar-refractivity contribution in [2.75, 3.05) is 5.73 Å². The van der Waals surface area contributed by atoms with Gasteiger partial charge in [-0.2, -0.15) is 13.9 Å². The molecule has 0 saturated carbocycles. The van der Waals surface area contributed by atoms with E-state index in [2.05, 4.69) is 9.84 Å². The fraction of sp³-hybridized carbons (Fsp3) is 0.250. The number of anilines is 1. The maximum absolute atomic E-state index is 12.1. The van der Waals surface area contributed by atoms with E-state index in [-0.39, 0.29) is 11.8 Å². The summed E-state index contributed by atoms with van der Waals surface area (Å²) in [6.07, 6.45) is 1.59. The van der Waals surface area contributed by atoms with Gasteiger partial charge >= 0.3 is 6.61 Å². The van der Waals surface area contributed by atoms with Crippen LogP contribution < -0.4 is 10.5 Å². The van der Waals surface area contributed by atoms with Crippen molar-refractivity contribution in [3.63, 3.8) is 0 Å². The zero-order valence-electron chi connectivity index (χ0n) is 9.75. The van der Waals surface area contributed by atoms with E-state index in [0.717, 1.165) is 5.56 Å². The van der Waals surface area contributed by atoms with Gasteiger partial charge in [0.25, 0.3) is 0 Å². The van der Waals surface area contributed by atoms with E-state index in [1.54, 1.807) is 29.1 Å². The molecular formula is C12H13F2N3O. The summed E-state index contributed by atoms with van der Waals surface area (Å²) in [6.45, 7) is -0.949. The number of halogens is 2. The average molecular weight is 253 g/mol. The summed E-state index contributed by atoms with van der Waals surface area (Å²) in [6, 6.07) is 8.03. The van der Waals surface area contributed by atoms with Crippen molar-refractivity contribution in [3.05, 3.63) is 42.1 Å². The van der Waals surface area contributed by atoms with E-state index in [9.17, 15) is 8.78 Å². The molecule has 1 unspecified atom stereocenters. The van der Waals surface area contributed by atoms with Crippen LogP contribution >= 0.6 is 0 Å². The van der Waals surface area contributed by atoms with Gasteiger partial charge in [-0.1, -0.05) is 12.1 Å². The summed E-state index contributed by atoms with van der Waals surface area (Å²) >= 11 is 0. The molecule has 1 atom stereocenters. The first-order chi connectivity index (χ1) is 8.58. The van der Waals surface area contributed by atoms with Gasteiger partial charge in [0, 0.05) is 0 Å². The Labute approximate surface area is 103 Å². The third kappa shape index (κ3) is 2.58. The van der Waals surface area contributed by atoms with Crippen LogP contribution in [0.25, 0.3) is 0 Å². The summed E-state index contributed by atoms with van der Waals surface area (Å²) in [5.74, 6) is 0.641. The maximum Gasteiger partial charge on any atom is 0.387 e. The van der Waals surface area contributed by atoms with Gasteiger partial charge in [-0.15, -0.1) is 0 Å². The molecule has 0 fully saturated rings. The van der Waals surface area contributed by atoms with Crippen LogP contribution in [0, 0.1) is 0 Å². The lowest BCUT2D eigenvalue weighted by Gasteiger charge is -2.15. The van der Waals surface area contributed by atoms with Gasteiger partial charge in [0.05, 0.1) is 12.2 Å². The summed E-state index contributed by atoms with van der Waals surface area (Å²) in [7, 11) is 0. The molecule has 1 aromatic carbocycles. The van der Waals surface area contributed by atoms with Crippen molar-refractivity contribution in [2.45, 2.75) is 19.6 Å². The Morgan fingerprint density at radius 1 is 1.33 bits per heavy atom. The first kappa shape index (κ1) is 12.3. The Morgan fingerprint density at radius 2 is 2.11 bits per heavy atom. The quantitative estimate of drug-likeness (QED) is 0.911. The normalized spacial score (nSPS) is 12.7. The zero-order chi connectivity index (χ0) is 13.1. The lowest BCUT2D eigenvalue weighted by atomic mass is 10.1. The van der Waals surface area contributed by atoms with E-state index in [1.165, 1.54) is 6.07 Å². The Hall–Kier alpha value is -2.11. The molecule has 0 bridgehead atoms. The molecule has 0 aliphatic carbocycles. The molecule has 0 amide bonds. The number of nitrogens with zero attached hydrogens (tertiary/aromatic N) is 2. The summed E-state index contributed by atoms with van der Waals surface area (Å²) in [5, 5.41) is 4.09. The third-order valence-corrected chi connectivity index (χ3v) is 2.63. The fourth-order valence-electron chi connectivity index (χ4n) is 1.74. The maximum atomic E-state index is 12.1. The van der Waals surface area contributed by atoms with Gasteiger partial charge in [0.1, 0.15) is 11.6 Å². The molecule has 2 aromatic rings. The van der Waals surface area contributed by atoms with Crippen molar-refractivity contribution < 1.29 is 13.5 Å². The largest absolute Gasteiger partial charge is 0.435 e. The number of rotatable bonds is 4. The van der Waals surface area contributed by atoms with Crippen molar-refractivity contribution in [1.29, 1.82) is 0 Å². The number of alkyl halides is 2. The number of nitrogen functional groups attached to an aromatic ring is 1. The molecule has 18 heavy (non-hydrogen) atoms. The number of nitrogens with two attached hydrogens (primary N) is 1. The number of ether oxygens (including phenoxy) is 1. The van der Waals surface area contributed by atoms with E-state index < -0.39 is 6.61 Å². The van der Waals surface area contributed by atoms with Gasteiger partial charge in [0.15, 0.2) is 0 Å². The van der Waals surface area contributed by atoms with Crippen molar-refractivity contribution in [3.8, 4) is 5.75 Å². The second-order valence-electron chi connectivity index (χ2n) is 3.83. The topological polar surface area (TPSA) is 53.1 Å². The van der Waals surface area contributed by atoms with Crippen LogP contribution in [0.3, 0.4) is 0 Å².